The van der Waals surface area contributed by atoms with Crippen molar-refractivity contribution >= 4 is 47.5 Å². The minimum absolute atomic E-state index is 0.192. The summed E-state index contributed by atoms with van der Waals surface area (Å²) in [6.45, 7) is 6.15. The fourth-order valence-corrected chi connectivity index (χ4v) is 5.08. The average molecular weight is 423 g/mol. The zero-order valence-corrected chi connectivity index (χ0v) is 16.2. The van der Waals surface area contributed by atoms with Crippen LogP contribution in [0.2, 0.25) is 0 Å². The topological polar surface area (TPSA) is 51.4 Å². The number of nitrogens with zero attached hydrogens (tertiary/aromatic N) is 2. The standard InChI is InChI=1S/C17H15BrN2O2S2/c1-3-10-20-15-9-6-13(18)11-16(15)23-17(20)19-24(21,22)14-7-4-12(2)5-8-14/h3-9,11H,1,10H2,2H3/b19-17-. The van der Waals surface area contributed by atoms with Gasteiger partial charge in [-0.3, -0.25) is 0 Å². The van der Waals surface area contributed by atoms with Gasteiger partial charge in [0.2, 0.25) is 4.80 Å². The molecule has 1 heterocycles. The first-order chi connectivity index (χ1) is 11.4. The molecule has 3 aromatic rings. The molecular formula is C17H15BrN2O2S2. The molecule has 24 heavy (non-hydrogen) atoms. The smallest absolute Gasteiger partial charge is 0.285 e. The number of benzene rings is 2. The maximum atomic E-state index is 12.6. The third-order valence-electron chi connectivity index (χ3n) is 3.47. The number of sulfonamides is 1. The third-order valence-corrected chi connectivity index (χ3v) is 6.40. The lowest BCUT2D eigenvalue weighted by atomic mass is 10.2. The van der Waals surface area contributed by atoms with Gasteiger partial charge in [-0.05, 0) is 37.3 Å². The van der Waals surface area contributed by atoms with Gasteiger partial charge in [-0.2, -0.15) is 8.42 Å². The summed E-state index contributed by atoms with van der Waals surface area (Å²) < 4.78 is 33.0. The average Bonchev–Trinajstić information content (AvgIpc) is 2.84. The van der Waals surface area contributed by atoms with E-state index in [0.29, 0.717) is 11.3 Å². The number of allylic oxidation sites excluding steroid dienone is 1. The second-order valence-electron chi connectivity index (χ2n) is 5.28. The normalized spacial score (nSPS) is 12.7. The van der Waals surface area contributed by atoms with Gasteiger partial charge in [-0.15, -0.1) is 11.0 Å². The number of rotatable bonds is 4. The molecule has 0 spiro atoms. The summed E-state index contributed by atoms with van der Waals surface area (Å²) in [5.74, 6) is 0. The Bertz CT molecular complexity index is 1080. The summed E-state index contributed by atoms with van der Waals surface area (Å²) in [6.07, 6.45) is 1.73. The highest BCUT2D eigenvalue weighted by Gasteiger charge is 2.14. The van der Waals surface area contributed by atoms with Crippen LogP contribution in [0.25, 0.3) is 10.2 Å². The SMILES string of the molecule is C=CCn1/c(=N/S(=O)(=O)c2ccc(C)cc2)sc2cc(Br)ccc21. The molecule has 0 N–H and O–H groups in total. The van der Waals surface area contributed by atoms with Crippen LogP contribution >= 0.6 is 27.3 Å². The van der Waals surface area contributed by atoms with Crippen LogP contribution in [0, 0.1) is 6.92 Å². The molecule has 0 amide bonds. The van der Waals surface area contributed by atoms with Crippen LogP contribution in [-0.4, -0.2) is 13.0 Å². The van der Waals surface area contributed by atoms with Gasteiger partial charge in [-0.25, -0.2) is 0 Å². The summed E-state index contributed by atoms with van der Waals surface area (Å²) in [4.78, 5) is 0.625. The number of hydrogen-bond acceptors (Lipinski definition) is 3. The molecule has 0 bridgehead atoms. The van der Waals surface area contributed by atoms with Gasteiger partial charge in [-0.1, -0.05) is 51.0 Å². The van der Waals surface area contributed by atoms with Crippen molar-refractivity contribution in [2.45, 2.75) is 18.4 Å². The van der Waals surface area contributed by atoms with Gasteiger partial charge in [0.15, 0.2) is 0 Å². The van der Waals surface area contributed by atoms with Gasteiger partial charge >= 0.3 is 0 Å². The number of halogens is 1. The van der Waals surface area contributed by atoms with Gasteiger partial charge in [0.1, 0.15) is 0 Å². The zero-order chi connectivity index (χ0) is 17.3. The van der Waals surface area contributed by atoms with E-state index in [0.717, 1.165) is 20.3 Å². The number of fused-ring (bicyclic) bond motifs is 1. The van der Waals surface area contributed by atoms with Crippen LogP contribution in [0.1, 0.15) is 5.56 Å². The minimum atomic E-state index is -3.76. The van der Waals surface area contributed by atoms with Crippen LogP contribution < -0.4 is 4.80 Å². The van der Waals surface area contributed by atoms with Crippen molar-refractivity contribution in [2.24, 2.45) is 4.40 Å². The molecule has 3 rings (SSSR count). The molecule has 7 heteroatoms. The molecular weight excluding hydrogens is 408 g/mol. The molecule has 0 atom stereocenters. The molecule has 0 unspecified atom stereocenters. The summed E-state index contributed by atoms with van der Waals surface area (Å²) in [5.41, 5.74) is 1.93. The number of aromatic nitrogens is 1. The van der Waals surface area contributed by atoms with Gasteiger partial charge in [0.25, 0.3) is 10.0 Å². The molecule has 2 aromatic carbocycles. The van der Waals surface area contributed by atoms with Crippen molar-refractivity contribution in [1.82, 2.24) is 4.57 Å². The molecule has 0 saturated carbocycles. The van der Waals surface area contributed by atoms with Crippen LogP contribution in [0.15, 0.2) is 68.9 Å². The molecule has 0 aliphatic heterocycles. The lowest BCUT2D eigenvalue weighted by Crippen LogP contribution is -2.16. The second kappa shape index (κ2) is 6.66. The molecule has 0 aliphatic rings. The number of hydrogen-bond donors (Lipinski definition) is 0. The van der Waals surface area contributed by atoms with Crippen LogP contribution in [0.4, 0.5) is 0 Å². The maximum Gasteiger partial charge on any atom is 0.285 e. The lowest BCUT2D eigenvalue weighted by Gasteiger charge is -2.02. The van der Waals surface area contributed by atoms with E-state index in [9.17, 15) is 8.42 Å². The van der Waals surface area contributed by atoms with E-state index in [4.69, 9.17) is 0 Å². The molecule has 4 nitrogen and oxygen atoms in total. The molecule has 0 radical (unpaired) electrons. The highest BCUT2D eigenvalue weighted by Crippen LogP contribution is 2.23. The number of thiazole rings is 1. The molecule has 1 aromatic heterocycles. The molecule has 0 fully saturated rings. The van der Waals surface area contributed by atoms with E-state index in [1.165, 1.54) is 11.3 Å². The Morgan fingerprint density at radius 2 is 1.96 bits per heavy atom. The largest absolute Gasteiger partial charge is 0.312 e. The van der Waals surface area contributed by atoms with Crippen molar-refractivity contribution in [1.29, 1.82) is 0 Å². The molecule has 124 valence electrons. The summed E-state index contributed by atoms with van der Waals surface area (Å²) in [5, 5.41) is 0. The van der Waals surface area contributed by atoms with E-state index in [-0.39, 0.29) is 4.90 Å². The Morgan fingerprint density at radius 1 is 1.25 bits per heavy atom. The Hall–Kier alpha value is -1.70. The Balaban J connectivity index is 2.23. The van der Waals surface area contributed by atoms with Crippen molar-refractivity contribution in [3.8, 4) is 0 Å². The van der Waals surface area contributed by atoms with Crippen molar-refractivity contribution < 1.29 is 8.42 Å². The van der Waals surface area contributed by atoms with E-state index in [1.54, 1.807) is 30.3 Å². The van der Waals surface area contributed by atoms with E-state index in [2.05, 4.69) is 26.9 Å². The van der Waals surface area contributed by atoms with Crippen molar-refractivity contribution in [2.75, 3.05) is 0 Å². The van der Waals surface area contributed by atoms with Crippen molar-refractivity contribution in [3.63, 3.8) is 0 Å². The summed E-state index contributed by atoms with van der Waals surface area (Å²) in [7, 11) is -3.76. The molecule has 0 aliphatic carbocycles. The predicted octanol–water partition coefficient (Wildman–Crippen LogP) is 4.25. The van der Waals surface area contributed by atoms with Crippen molar-refractivity contribution in [3.05, 3.63) is 70.0 Å². The van der Waals surface area contributed by atoms with Crippen LogP contribution in [0.3, 0.4) is 0 Å². The predicted molar refractivity (Wildman–Crippen MR) is 102 cm³/mol. The maximum absolute atomic E-state index is 12.6. The third kappa shape index (κ3) is 3.38. The first-order valence-electron chi connectivity index (χ1n) is 7.18. The summed E-state index contributed by atoms with van der Waals surface area (Å²) in [6, 6.07) is 12.5. The van der Waals surface area contributed by atoms with E-state index in [1.807, 2.05) is 29.7 Å². The Morgan fingerprint density at radius 3 is 2.62 bits per heavy atom. The molecule has 0 saturated heterocycles. The minimum Gasteiger partial charge on any atom is -0.312 e. The monoisotopic (exact) mass is 422 g/mol. The Kier molecular flexibility index (Phi) is 4.76. The van der Waals surface area contributed by atoms with Gasteiger partial charge < -0.3 is 4.57 Å². The van der Waals surface area contributed by atoms with Crippen LogP contribution in [-0.2, 0) is 16.6 Å². The first kappa shape index (κ1) is 17.1. The fourth-order valence-electron chi connectivity index (χ4n) is 2.29. The second-order valence-corrected chi connectivity index (χ2v) is 8.80. The van der Waals surface area contributed by atoms with E-state index < -0.39 is 10.0 Å². The Labute approximate surface area is 153 Å². The number of aryl methyl sites for hydroxylation is 1. The van der Waals surface area contributed by atoms with Gasteiger partial charge in [0, 0.05) is 11.0 Å². The quantitative estimate of drug-likeness (QED) is 0.590. The first-order valence-corrected chi connectivity index (χ1v) is 10.2. The van der Waals surface area contributed by atoms with Crippen LogP contribution in [0.5, 0.6) is 0 Å². The highest BCUT2D eigenvalue weighted by molar-refractivity contribution is 9.10. The highest BCUT2D eigenvalue weighted by atomic mass is 79.9. The summed E-state index contributed by atoms with van der Waals surface area (Å²) >= 11 is 4.78. The van der Waals surface area contributed by atoms with Gasteiger partial charge in [0.05, 0.1) is 15.1 Å². The van der Waals surface area contributed by atoms with E-state index >= 15 is 0 Å². The zero-order valence-electron chi connectivity index (χ0n) is 12.9. The fraction of sp³-hybridized carbons (Fsp3) is 0.118. The lowest BCUT2D eigenvalue weighted by molar-refractivity contribution is 0.596.